The van der Waals surface area contributed by atoms with Crippen LogP contribution in [0.15, 0.2) is 40.9 Å². The van der Waals surface area contributed by atoms with Crippen LogP contribution in [0, 0.1) is 0 Å². The van der Waals surface area contributed by atoms with Gasteiger partial charge in [0, 0.05) is 44.6 Å². The van der Waals surface area contributed by atoms with E-state index < -0.39 is 5.60 Å². The lowest BCUT2D eigenvalue weighted by Crippen LogP contribution is -2.51. The van der Waals surface area contributed by atoms with Gasteiger partial charge in [0.15, 0.2) is 11.7 Å². The molecule has 0 atom stereocenters. The van der Waals surface area contributed by atoms with E-state index in [4.69, 9.17) is 9.15 Å². The first kappa shape index (κ1) is 19.9. The van der Waals surface area contributed by atoms with E-state index in [2.05, 4.69) is 4.98 Å². The highest BCUT2D eigenvalue weighted by Gasteiger charge is 2.27. The molecule has 0 unspecified atom stereocenters. The van der Waals surface area contributed by atoms with E-state index in [-0.39, 0.29) is 12.0 Å². The molecule has 1 aliphatic rings. The summed E-state index contributed by atoms with van der Waals surface area (Å²) in [5.41, 5.74) is 0.449. The Hall–Kier alpha value is -2.83. The van der Waals surface area contributed by atoms with Crippen LogP contribution in [-0.4, -0.2) is 58.6 Å². The second-order valence-corrected chi connectivity index (χ2v) is 7.83. The number of hydrogen-bond acceptors (Lipinski definition) is 5. The minimum atomic E-state index is -0.515. The highest BCUT2D eigenvalue weighted by Crippen LogP contribution is 2.20. The first-order chi connectivity index (χ1) is 13.3. The van der Waals surface area contributed by atoms with Crippen LogP contribution in [0.1, 0.15) is 33.1 Å². The number of rotatable bonds is 4. The third-order valence-electron chi connectivity index (χ3n) is 4.45. The third-order valence-corrected chi connectivity index (χ3v) is 4.45. The van der Waals surface area contributed by atoms with Crippen molar-refractivity contribution in [1.82, 2.24) is 14.8 Å². The molecule has 1 saturated heterocycles. The number of nitrogens with zero attached hydrogens (tertiary/aromatic N) is 3. The predicted molar refractivity (Wildman–Crippen MR) is 105 cm³/mol. The number of aryl methyl sites for hydroxylation is 1. The van der Waals surface area contributed by atoms with Crippen LogP contribution in [-0.2, 0) is 16.0 Å². The van der Waals surface area contributed by atoms with Gasteiger partial charge in [0.05, 0.1) is 6.20 Å². The average Bonchev–Trinajstić information content (AvgIpc) is 3.15. The number of carbonyl (C=O) groups is 2. The molecule has 1 aliphatic heterocycles. The fraction of sp³-hybridized carbons (Fsp3) is 0.476. The molecule has 2 heterocycles. The van der Waals surface area contributed by atoms with Gasteiger partial charge >= 0.3 is 6.09 Å². The second kappa shape index (κ2) is 8.46. The number of ether oxygens (including phenoxy) is 1. The molecule has 1 fully saturated rings. The number of benzene rings is 1. The summed E-state index contributed by atoms with van der Waals surface area (Å²) >= 11 is 0. The SMILES string of the molecule is CC(C)(C)OC(=O)N1CCN(C(=O)CCc2ncc(-c3ccccc3)o2)CC1. The standard InChI is InChI=1S/C21H27N3O4/c1-21(2,3)28-20(26)24-13-11-23(12-14-24)19(25)10-9-18-22-15-17(27-18)16-7-5-4-6-8-16/h4-8,15H,9-14H2,1-3H3. The molecule has 0 aliphatic carbocycles. The van der Waals surface area contributed by atoms with Gasteiger partial charge in [0.25, 0.3) is 0 Å². The van der Waals surface area contributed by atoms with Gasteiger partial charge in [0.2, 0.25) is 5.91 Å². The Labute approximate surface area is 165 Å². The molecular weight excluding hydrogens is 358 g/mol. The molecule has 150 valence electrons. The lowest BCUT2D eigenvalue weighted by atomic mass is 10.2. The summed E-state index contributed by atoms with van der Waals surface area (Å²) < 4.78 is 11.1. The summed E-state index contributed by atoms with van der Waals surface area (Å²) in [5, 5.41) is 0. The van der Waals surface area contributed by atoms with Crippen molar-refractivity contribution in [1.29, 1.82) is 0 Å². The molecule has 7 heteroatoms. The van der Waals surface area contributed by atoms with E-state index in [9.17, 15) is 9.59 Å². The second-order valence-electron chi connectivity index (χ2n) is 7.83. The van der Waals surface area contributed by atoms with Crippen LogP contribution in [0.4, 0.5) is 4.79 Å². The number of oxazole rings is 1. The van der Waals surface area contributed by atoms with Gasteiger partial charge in [-0.3, -0.25) is 4.79 Å². The maximum absolute atomic E-state index is 12.5. The van der Waals surface area contributed by atoms with E-state index in [1.165, 1.54) is 0 Å². The van der Waals surface area contributed by atoms with E-state index in [1.807, 2.05) is 51.1 Å². The van der Waals surface area contributed by atoms with Gasteiger partial charge in [-0.15, -0.1) is 0 Å². The van der Waals surface area contributed by atoms with Crippen LogP contribution >= 0.6 is 0 Å². The van der Waals surface area contributed by atoms with Gasteiger partial charge < -0.3 is 19.0 Å². The summed E-state index contributed by atoms with van der Waals surface area (Å²) in [6.07, 6.45) is 2.15. The van der Waals surface area contributed by atoms with Crippen molar-refractivity contribution in [3.8, 4) is 11.3 Å². The van der Waals surface area contributed by atoms with Crippen molar-refractivity contribution in [3.05, 3.63) is 42.4 Å². The zero-order valence-corrected chi connectivity index (χ0v) is 16.7. The maximum Gasteiger partial charge on any atom is 0.410 e. The minimum Gasteiger partial charge on any atom is -0.444 e. The average molecular weight is 385 g/mol. The molecule has 2 amide bonds. The number of piperazine rings is 1. The fourth-order valence-electron chi connectivity index (χ4n) is 3.00. The highest BCUT2D eigenvalue weighted by atomic mass is 16.6. The fourth-order valence-corrected chi connectivity index (χ4v) is 3.00. The summed E-state index contributed by atoms with van der Waals surface area (Å²) in [6, 6.07) is 9.75. The first-order valence-corrected chi connectivity index (χ1v) is 9.58. The Balaban J connectivity index is 1.45. The number of aromatic nitrogens is 1. The maximum atomic E-state index is 12.5. The van der Waals surface area contributed by atoms with Crippen LogP contribution in [0.25, 0.3) is 11.3 Å². The van der Waals surface area contributed by atoms with E-state index in [0.29, 0.717) is 50.7 Å². The topological polar surface area (TPSA) is 75.9 Å². The van der Waals surface area contributed by atoms with Crippen LogP contribution in [0.5, 0.6) is 0 Å². The molecule has 3 rings (SSSR count). The summed E-state index contributed by atoms with van der Waals surface area (Å²) in [4.78, 5) is 32.3. The molecule has 0 radical (unpaired) electrons. The molecule has 1 aromatic heterocycles. The van der Waals surface area contributed by atoms with Crippen LogP contribution in [0.2, 0.25) is 0 Å². The quantitative estimate of drug-likeness (QED) is 0.807. The van der Waals surface area contributed by atoms with E-state index in [0.717, 1.165) is 5.56 Å². The van der Waals surface area contributed by atoms with Crippen molar-refractivity contribution in [3.63, 3.8) is 0 Å². The van der Waals surface area contributed by atoms with Gasteiger partial charge in [-0.2, -0.15) is 0 Å². The minimum absolute atomic E-state index is 0.0447. The third kappa shape index (κ3) is 5.34. The van der Waals surface area contributed by atoms with E-state index in [1.54, 1.807) is 16.0 Å². The van der Waals surface area contributed by atoms with E-state index >= 15 is 0 Å². The van der Waals surface area contributed by atoms with Gasteiger partial charge in [-0.25, -0.2) is 9.78 Å². The van der Waals surface area contributed by atoms with Crippen molar-refractivity contribution >= 4 is 12.0 Å². The summed E-state index contributed by atoms with van der Waals surface area (Å²) in [7, 11) is 0. The normalized spacial score (nSPS) is 14.8. The summed E-state index contributed by atoms with van der Waals surface area (Å²) in [6.45, 7) is 7.52. The first-order valence-electron chi connectivity index (χ1n) is 9.58. The van der Waals surface area contributed by atoms with Crippen LogP contribution in [0.3, 0.4) is 0 Å². The van der Waals surface area contributed by atoms with Crippen molar-refractivity contribution < 1.29 is 18.7 Å². The van der Waals surface area contributed by atoms with Gasteiger partial charge in [0.1, 0.15) is 5.60 Å². The molecule has 28 heavy (non-hydrogen) atoms. The zero-order chi connectivity index (χ0) is 20.1. The monoisotopic (exact) mass is 385 g/mol. The molecule has 2 aromatic rings. The Morgan fingerprint density at radius 2 is 1.71 bits per heavy atom. The molecule has 0 bridgehead atoms. The molecule has 0 spiro atoms. The zero-order valence-electron chi connectivity index (χ0n) is 16.7. The Kier molecular flexibility index (Phi) is 6.02. The molecular formula is C21H27N3O4. The highest BCUT2D eigenvalue weighted by molar-refractivity contribution is 5.77. The largest absolute Gasteiger partial charge is 0.444 e. The van der Waals surface area contributed by atoms with Gasteiger partial charge in [-0.1, -0.05) is 30.3 Å². The molecule has 1 aromatic carbocycles. The Bertz CT molecular complexity index is 803. The molecule has 0 N–H and O–H groups in total. The Morgan fingerprint density at radius 1 is 1.07 bits per heavy atom. The number of carbonyl (C=O) groups excluding carboxylic acids is 2. The lowest BCUT2D eigenvalue weighted by molar-refractivity contribution is -0.133. The Morgan fingerprint density at radius 3 is 2.36 bits per heavy atom. The van der Waals surface area contributed by atoms with Gasteiger partial charge in [-0.05, 0) is 20.8 Å². The molecule has 7 nitrogen and oxygen atoms in total. The molecule has 0 saturated carbocycles. The summed E-state index contributed by atoms with van der Waals surface area (Å²) in [5.74, 6) is 1.30. The lowest BCUT2D eigenvalue weighted by Gasteiger charge is -2.35. The van der Waals surface area contributed by atoms with Crippen molar-refractivity contribution in [2.45, 2.75) is 39.2 Å². The van der Waals surface area contributed by atoms with Crippen LogP contribution < -0.4 is 0 Å². The van der Waals surface area contributed by atoms with Crippen molar-refractivity contribution in [2.75, 3.05) is 26.2 Å². The number of hydrogen-bond donors (Lipinski definition) is 0. The number of amides is 2. The van der Waals surface area contributed by atoms with Crippen molar-refractivity contribution in [2.24, 2.45) is 0 Å². The predicted octanol–water partition coefficient (Wildman–Crippen LogP) is 3.35. The smallest absolute Gasteiger partial charge is 0.410 e.